The van der Waals surface area contributed by atoms with Crippen LogP contribution < -0.4 is 4.74 Å². The van der Waals surface area contributed by atoms with Crippen molar-refractivity contribution in [1.29, 1.82) is 0 Å². The molecule has 2 rings (SSSR count). The number of ether oxygens (including phenoxy) is 1. The highest BCUT2D eigenvalue weighted by Gasteiger charge is 2.08. The molecule has 0 saturated carbocycles. The molecule has 0 atom stereocenters. The highest BCUT2D eigenvalue weighted by atomic mass is 35.5. The first kappa shape index (κ1) is 12.4. The van der Waals surface area contributed by atoms with Gasteiger partial charge in [0.15, 0.2) is 0 Å². The van der Waals surface area contributed by atoms with Gasteiger partial charge in [-0.1, -0.05) is 29.8 Å². The molecular weight excluding hydrogens is 254 g/mol. The molecular formula is C13H10ClNO3. The van der Waals surface area contributed by atoms with E-state index in [1.807, 2.05) is 0 Å². The normalized spacial score (nSPS) is 10.1. The van der Waals surface area contributed by atoms with Crippen LogP contribution in [-0.2, 0) is 11.2 Å². The minimum atomic E-state index is -0.907. The van der Waals surface area contributed by atoms with Crippen molar-refractivity contribution >= 4 is 17.6 Å². The fourth-order valence-electron chi connectivity index (χ4n) is 1.49. The molecule has 2 aromatic rings. The zero-order valence-electron chi connectivity index (χ0n) is 9.34. The highest BCUT2D eigenvalue weighted by Crippen LogP contribution is 2.26. The number of aromatic nitrogens is 1. The van der Waals surface area contributed by atoms with Gasteiger partial charge in [0.05, 0.1) is 17.6 Å². The van der Waals surface area contributed by atoms with Crippen LogP contribution in [0, 0.1) is 0 Å². The van der Waals surface area contributed by atoms with Gasteiger partial charge in [0.2, 0.25) is 0 Å². The van der Waals surface area contributed by atoms with Crippen molar-refractivity contribution < 1.29 is 14.6 Å². The minimum absolute atomic E-state index is 0.0931. The summed E-state index contributed by atoms with van der Waals surface area (Å²) < 4.78 is 5.58. The van der Waals surface area contributed by atoms with Crippen LogP contribution in [0.15, 0.2) is 42.7 Å². The minimum Gasteiger partial charge on any atom is -0.481 e. The Hall–Kier alpha value is -2.07. The third-order valence-electron chi connectivity index (χ3n) is 2.22. The van der Waals surface area contributed by atoms with Crippen LogP contribution in [0.4, 0.5) is 0 Å². The quantitative estimate of drug-likeness (QED) is 0.920. The molecule has 0 bridgehead atoms. The summed E-state index contributed by atoms with van der Waals surface area (Å²) >= 11 is 5.80. The zero-order chi connectivity index (χ0) is 13.0. The molecule has 5 heteroatoms. The van der Waals surface area contributed by atoms with Crippen molar-refractivity contribution in [1.82, 2.24) is 4.98 Å². The zero-order valence-corrected chi connectivity index (χ0v) is 10.1. The number of hydrogen-bond acceptors (Lipinski definition) is 3. The SMILES string of the molecule is O=C(O)Cc1ccccc1Oc1cncc(Cl)c1. The lowest BCUT2D eigenvalue weighted by Gasteiger charge is -2.09. The summed E-state index contributed by atoms with van der Waals surface area (Å²) in [6.07, 6.45) is 2.92. The summed E-state index contributed by atoms with van der Waals surface area (Å²) in [7, 11) is 0. The lowest BCUT2D eigenvalue weighted by molar-refractivity contribution is -0.136. The number of carbonyl (C=O) groups is 1. The first-order valence-corrected chi connectivity index (χ1v) is 5.61. The molecule has 0 saturated heterocycles. The van der Waals surface area contributed by atoms with Crippen molar-refractivity contribution in [2.24, 2.45) is 0 Å². The Morgan fingerprint density at radius 1 is 1.33 bits per heavy atom. The number of hydrogen-bond donors (Lipinski definition) is 1. The van der Waals surface area contributed by atoms with Crippen LogP contribution in [0.5, 0.6) is 11.5 Å². The molecule has 1 heterocycles. The third kappa shape index (κ3) is 3.21. The van der Waals surface area contributed by atoms with Crippen LogP contribution in [0.1, 0.15) is 5.56 Å². The summed E-state index contributed by atoms with van der Waals surface area (Å²) in [5.74, 6) is 0.0552. The number of rotatable bonds is 4. The lowest BCUT2D eigenvalue weighted by atomic mass is 10.1. The molecule has 0 unspecified atom stereocenters. The average molecular weight is 264 g/mol. The first-order valence-electron chi connectivity index (χ1n) is 5.23. The lowest BCUT2D eigenvalue weighted by Crippen LogP contribution is -2.01. The molecule has 0 aliphatic rings. The van der Waals surface area contributed by atoms with Crippen LogP contribution in [0.3, 0.4) is 0 Å². The maximum atomic E-state index is 10.7. The molecule has 18 heavy (non-hydrogen) atoms. The second-order valence-corrected chi connectivity index (χ2v) is 4.06. The van der Waals surface area contributed by atoms with Gasteiger partial charge in [-0.05, 0) is 6.07 Å². The van der Waals surface area contributed by atoms with Gasteiger partial charge in [-0.25, -0.2) is 0 Å². The van der Waals surface area contributed by atoms with Crippen molar-refractivity contribution in [3.63, 3.8) is 0 Å². The van der Waals surface area contributed by atoms with E-state index in [4.69, 9.17) is 21.4 Å². The van der Waals surface area contributed by atoms with E-state index in [0.717, 1.165) is 0 Å². The second-order valence-electron chi connectivity index (χ2n) is 3.62. The summed E-state index contributed by atoms with van der Waals surface area (Å²) in [4.78, 5) is 14.6. The van der Waals surface area contributed by atoms with Gasteiger partial charge in [-0.2, -0.15) is 0 Å². The van der Waals surface area contributed by atoms with Crippen LogP contribution >= 0.6 is 11.6 Å². The Morgan fingerprint density at radius 3 is 2.83 bits per heavy atom. The molecule has 0 fully saturated rings. The van der Waals surface area contributed by atoms with Gasteiger partial charge < -0.3 is 9.84 Å². The van der Waals surface area contributed by atoms with Crippen LogP contribution in [0.25, 0.3) is 0 Å². The number of halogens is 1. The number of para-hydroxylation sites is 1. The number of pyridine rings is 1. The monoisotopic (exact) mass is 263 g/mol. The largest absolute Gasteiger partial charge is 0.481 e. The predicted molar refractivity (Wildman–Crippen MR) is 67.1 cm³/mol. The topological polar surface area (TPSA) is 59.4 Å². The van der Waals surface area contributed by atoms with E-state index in [-0.39, 0.29) is 6.42 Å². The van der Waals surface area contributed by atoms with E-state index in [1.54, 1.807) is 30.3 Å². The van der Waals surface area contributed by atoms with Gasteiger partial charge in [0, 0.05) is 17.8 Å². The molecule has 0 radical (unpaired) electrons. The summed E-state index contributed by atoms with van der Waals surface area (Å²) in [5, 5.41) is 9.27. The molecule has 0 aliphatic heterocycles. The average Bonchev–Trinajstić information content (AvgIpc) is 2.31. The predicted octanol–water partition coefficient (Wildman–Crippen LogP) is 3.15. The molecule has 0 aliphatic carbocycles. The van der Waals surface area contributed by atoms with E-state index in [9.17, 15) is 4.79 Å². The van der Waals surface area contributed by atoms with Gasteiger partial charge in [-0.15, -0.1) is 0 Å². The molecule has 92 valence electrons. The third-order valence-corrected chi connectivity index (χ3v) is 2.43. The van der Waals surface area contributed by atoms with E-state index in [2.05, 4.69) is 4.98 Å². The molecule has 1 aromatic carbocycles. The summed E-state index contributed by atoms with van der Waals surface area (Å²) in [5.41, 5.74) is 0.602. The smallest absolute Gasteiger partial charge is 0.307 e. The fraction of sp³-hybridized carbons (Fsp3) is 0.0769. The number of aliphatic carboxylic acids is 1. The van der Waals surface area contributed by atoms with E-state index in [1.165, 1.54) is 12.4 Å². The highest BCUT2D eigenvalue weighted by molar-refractivity contribution is 6.30. The van der Waals surface area contributed by atoms with Crippen LogP contribution in [0.2, 0.25) is 5.02 Å². The van der Waals surface area contributed by atoms with Gasteiger partial charge >= 0.3 is 5.97 Å². The van der Waals surface area contributed by atoms with Crippen molar-refractivity contribution in [3.05, 3.63) is 53.3 Å². The van der Waals surface area contributed by atoms with Gasteiger partial charge in [-0.3, -0.25) is 9.78 Å². The summed E-state index contributed by atoms with van der Waals surface area (Å²) in [6, 6.07) is 8.58. The fourth-order valence-corrected chi connectivity index (χ4v) is 1.65. The Kier molecular flexibility index (Phi) is 3.79. The Labute approximate surface area is 109 Å². The molecule has 1 aromatic heterocycles. The maximum absolute atomic E-state index is 10.7. The number of benzene rings is 1. The van der Waals surface area contributed by atoms with Gasteiger partial charge in [0.1, 0.15) is 11.5 Å². The van der Waals surface area contributed by atoms with Crippen molar-refractivity contribution in [3.8, 4) is 11.5 Å². The van der Waals surface area contributed by atoms with Gasteiger partial charge in [0.25, 0.3) is 0 Å². The molecule has 4 nitrogen and oxygen atoms in total. The standard InChI is InChI=1S/C13H10ClNO3/c14-10-6-11(8-15-7-10)18-12-4-2-1-3-9(12)5-13(16)17/h1-4,6-8H,5H2,(H,16,17). The Bertz CT molecular complexity index is 572. The van der Waals surface area contributed by atoms with E-state index >= 15 is 0 Å². The molecule has 1 N–H and O–H groups in total. The molecule has 0 amide bonds. The van der Waals surface area contributed by atoms with Crippen molar-refractivity contribution in [2.45, 2.75) is 6.42 Å². The first-order chi connectivity index (χ1) is 8.65. The van der Waals surface area contributed by atoms with E-state index in [0.29, 0.717) is 22.1 Å². The second kappa shape index (κ2) is 5.51. The maximum Gasteiger partial charge on any atom is 0.307 e. The number of nitrogens with zero attached hydrogens (tertiary/aromatic N) is 1. The number of carboxylic acids is 1. The van der Waals surface area contributed by atoms with Crippen molar-refractivity contribution in [2.75, 3.05) is 0 Å². The Balaban J connectivity index is 2.26. The Morgan fingerprint density at radius 2 is 2.11 bits per heavy atom. The summed E-state index contributed by atoms with van der Waals surface area (Å²) in [6.45, 7) is 0. The van der Waals surface area contributed by atoms with Crippen LogP contribution in [-0.4, -0.2) is 16.1 Å². The van der Waals surface area contributed by atoms with E-state index < -0.39 is 5.97 Å². The number of carboxylic acid groups (broad SMARTS) is 1. The molecule has 0 spiro atoms.